The van der Waals surface area contributed by atoms with Crippen molar-refractivity contribution in [2.24, 2.45) is 0 Å². The largest absolute Gasteiger partial charge is 0.372 e. The Bertz CT molecular complexity index is 286. The number of ether oxygens (including phenoxy) is 2. The number of fused-ring (bicyclic) bond motifs is 2. The van der Waals surface area contributed by atoms with Crippen LogP contribution in [0.2, 0.25) is 0 Å². The lowest BCUT2D eigenvalue weighted by Gasteiger charge is -2.33. The second kappa shape index (κ2) is 6.08. The molecule has 3 saturated heterocycles. The SMILES string of the molecule is CC(C)NCC1CCC(CN2CC3CCC(C2)O3)O1. The number of nitrogens with zero attached hydrogens (tertiary/aromatic N) is 1. The number of hydrogen-bond donors (Lipinski definition) is 1. The van der Waals surface area contributed by atoms with Crippen LogP contribution in [-0.4, -0.2) is 61.5 Å². The van der Waals surface area contributed by atoms with Gasteiger partial charge in [-0.15, -0.1) is 0 Å². The molecule has 0 aromatic rings. The molecule has 0 aromatic heterocycles. The topological polar surface area (TPSA) is 33.7 Å². The van der Waals surface area contributed by atoms with Crippen LogP contribution in [-0.2, 0) is 9.47 Å². The van der Waals surface area contributed by atoms with Crippen LogP contribution in [0.3, 0.4) is 0 Å². The predicted molar refractivity (Wildman–Crippen MR) is 75.4 cm³/mol. The molecular weight excluding hydrogens is 240 g/mol. The van der Waals surface area contributed by atoms with Gasteiger partial charge in [-0.2, -0.15) is 0 Å². The van der Waals surface area contributed by atoms with Crippen LogP contribution >= 0.6 is 0 Å². The lowest BCUT2D eigenvalue weighted by atomic mass is 10.1. The smallest absolute Gasteiger partial charge is 0.0707 e. The van der Waals surface area contributed by atoms with E-state index in [1.165, 1.54) is 25.7 Å². The van der Waals surface area contributed by atoms with E-state index < -0.39 is 0 Å². The molecule has 4 heteroatoms. The van der Waals surface area contributed by atoms with Crippen LogP contribution in [0.4, 0.5) is 0 Å². The first-order valence-corrected chi connectivity index (χ1v) is 7.95. The summed E-state index contributed by atoms with van der Waals surface area (Å²) in [6.07, 6.45) is 6.80. The van der Waals surface area contributed by atoms with Crippen LogP contribution in [0, 0.1) is 0 Å². The van der Waals surface area contributed by atoms with Crippen molar-refractivity contribution in [3.63, 3.8) is 0 Å². The Morgan fingerprint density at radius 2 is 1.68 bits per heavy atom. The molecule has 3 aliphatic heterocycles. The van der Waals surface area contributed by atoms with E-state index in [2.05, 4.69) is 24.1 Å². The van der Waals surface area contributed by atoms with Crippen molar-refractivity contribution in [1.82, 2.24) is 10.2 Å². The van der Waals surface area contributed by atoms with Crippen molar-refractivity contribution < 1.29 is 9.47 Å². The monoisotopic (exact) mass is 268 g/mol. The molecule has 4 nitrogen and oxygen atoms in total. The molecule has 3 aliphatic rings. The molecule has 3 rings (SSSR count). The number of likely N-dealkylation sites (tertiary alicyclic amines) is 1. The van der Waals surface area contributed by atoms with Crippen molar-refractivity contribution in [2.75, 3.05) is 26.2 Å². The van der Waals surface area contributed by atoms with Gasteiger partial charge in [-0.25, -0.2) is 0 Å². The highest BCUT2D eigenvalue weighted by atomic mass is 16.5. The van der Waals surface area contributed by atoms with Gasteiger partial charge in [0.05, 0.1) is 24.4 Å². The third-order valence-corrected chi connectivity index (χ3v) is 4.53. The van der Waals surface area contributed by atoms with Crippen molar-refractivity contribution in [1.29, 1.82) is 0 Å². The molecule has 0 aromatic carbocycles. The molecule has 4 atom stereocenters. The second-order valence-electron chi connectivity index (χ2n) is 6.70. The minimum absolute atomic E-state index is 0.421. The Hall–Kier alpha value is -0.160. The zero-order valence-electron chi connectivity index (χ0n) is 12.3. The third kappa shape index (κ3) is 3.69. The van der Waals surface area contributed by atoms with Gasteiger partial charge in [0, 0.05) is 32.2 Å². The molecule has 0 amide bonds. The van der Waals surface area contributed by atoms with Crippen molar-refractivity contribution >= 4 is 0 Å². The summed E-state index contributed by atoms with van der Waals surface area (Å²) in [5.74, 6) is 0. The quantitative estimate of drug-likeness (QED) is 0.817. The Morgan fingerprint density at radius 3 is 2.37 bits per heavy atom. The third-order valence-electron chi connectivity index (χ3n) is 4.53. The summed E-state index contributed by atoms with van der Waals surface area (Å²) < 4.78 is 12.0. The van der Waals surface area contributed by atoms with E-state index >= 15 is 0 Å². The normalized spacial score (nSPS) is 39.3. The zero-order valence-corrected chi connectivity index (χ0v) is 12.3. The fraction of sp³-hybridized carbons (Fsp3) is 1.00. The molecule has 0 radical (unpaired) electrons. The van der Waals surface area contributed by atoms with Gasteiger partial charge < -0.3 is 14.8 Å². The molecule has 0 aliphatic carbocycles. The number of morpholine rings is 1. The van der Waals surface area contributed by atoms with Gasteiger partial charge in [0.2, 0.25) is 0 Å². The lowest BCUT2D eigenvalue weighted by molar-refractivity contribution is -0.0572. The van der Waals surface area contributed by atoms with E-state index in [1.807, 2.05) is 0 Å². The maximum Gasteiger partial charge on any atom is 0.0707 e. The van der Waals surface area contributed by atoms with E-state index in [4.69, 9.17) is 9.47 Å². The second-order valence-corrected chi connectivity index (χ2v) is 6.70. The van der Waals surface area contributed by atoms with E-state index in [1.54, 1.807) is 0 Å². The van der Waals surface area contributed by atoms with E-state index in [-0.39, 0.29) is 0 Å². The molecule has 4 unspecified atom stereocenters. The molecule has 19 heavy (non-hydrogen) atoms. The summed E-state index contributed by atoms with van der Waals surface area (Å²) in [5, 5.41) is 3.48. The summed E-state index contributed by atoms with van der Waals surface area (Å²) in [6.45, 7) is 8.72. The first kappa shape index (κ1) is 13.8. The standard InChI is InChI=1S/C15H28N2O2/c1-11(2)16-7-12-3-4-13(18-12)8-17-9-14-5-6-15(10-17)19-14/h11-16H,3-10H2,1-2H3. The minimum Gasteiger partial charge on any atom is -0.372 e. The molecule has 0 saturated carbocycles. The number of rotatable bonds is 5. The van der Waals surface area contributed by atoms with Crippen molar-refractivity contribution in [2.45, 2.75) is 70.0 Å². The summed E-state index contributed by atoms with van der Waals surface area (Å²) in [7, 11) is 0. The molecule has 1 N–H and O–H groups in total. The van der Waals surface area contributed by atoms with E-state index in [0.717, 1.165) is 26.2 Å². The van der Waals surface area contributed by atoms with Gasteiger partial charge in [-0.1, -0.05) is 13.8 Å². The minimum atomic E-state index is 0.421. The number of hydrogen-bond acceptors (Lipinski definition) is 4. The maximum absolute atomic E-state index is 6.16. The predicted octanol–water partition coefficient (Wildman–Crippen LogP) is 1.40. The highest BCUT2D eigenvalue weighted by molar-refractivity contribution is 4.87. The van der Waals surface area contributed by atoms with Crippen LogP contribution in [0.25, 0.3) is 0 Å². The highest BCUT2D eigenvalue weighted by Crippen LogP contribution is 2.28. The summed E-state index contributed by atoms with van der Waals surface area (Å²) in [5.41, 5.74) is 0. The van der Waals surface area contributed by atoms with Gasteiger partial charge in [-0.3, -0.25) is 4.90 Å². The van der Waals surface area contributed by atoms with Gasteiger partial charge in [-0.05, 0) is 25.7 Å². The Morgan fingerprint density at radius 1 is 1.00 bits per heavy atom. The average Bonchev–Trinajstić information content (AvgIpc) is 2.94. The molecule has 2 bridgehead atoms. The fourth-order valence-electron chi connectivity index (χ4n) is 3.57. The van der Waals surface area contributed by atoms with Gasteiger partial charge in [0.15, 0.2) is 0 Å². The lowest BCUT2D eigenvalue weighted by Crippen LogP contribution is -2.45. The molecule has 3 heterocycles. The van der Waals surface area contributed by atoms with Gasteiger partial charge in [0.25, 0.3) is 0 Å². The van der Waals surface area contributed by atoms with Crippen LogP contribution < -0.4 is 5.32 Å². The van der Waals surface area contributed by atoms with E-state index in [0.29, 0.717) is 30.5 Å². The number of nitrogens with one attached hydrogen (secondary N) is 1. The summed E-state index contributed by atoms with van der Waals surface area (Å²) in [6, 6.07) is 0.553. The Balaban J connectivity index is 1.39. The first-order valence-electron chi connectivity index (χ1n) is 7.95. The molecular formula is C15H28N2O2. The van der Waals surface area contributed by atoms with Crippen LogP contribution in [0.1, 0.15) is 39.5 Å². The molecule has 0 spiro atoms. The Labute approximate surface area is 116 Å². The van der Waals surface area contributed by atoms with Crippen LogP contribution in [0.5, 0.6) is 0 Å². The zero-order chi connectivity index (χ0) is 13.2. The highest BCUT2D eigenvalue weighted by Gasteiger charge is 2.35. The fourth-order valence-corrected chi connectivity index (χ4v) is 3.57. The average molecular weight is 268 g/mol. The van der Waals surface area contributed by atoms with Gasteiger partial charge >= 0.3 is 0 Å². The maximum atomic E-state index is 6.16. The summed E-state index contributed by atoms with van der Waals surface area (Å²) >= 11 is 0. The first-order chi connectivity index (χ1) is 9.19. The van der Waals surface area contributed by atoms with Crippen molar-refractivity contribution in [3.05, 3.63) is 0 Å². The van der Waals surface area contributed by atoms with Gasteiger partial charge in [0.1, 0.15) is 0 Å². The molecule has 3 fully saturated rings. The van der Waals surface area contributed by atoms with E-state index in [9.17, 15) is 0 Å². The van der Waals surface area contributed by atoms with Crippen LogP contribution in [0.15, 0.2) is 0 Å². The molecule has 110 valence electrons. The Kier molecular flexibility index (Phi) is 4.42. The van der Waals surface area contributed by atoms with Crippen molar-refractivity contribution in [3.8, 4) is 0 Å². The summed E-state index contributed by atoms with van der Waals surface area (Å²) in [4.78, 5) is 2.56.